The Bertz CT molecular complexity index is 809. The van der Waals surface area contributed by atoms with Crippen LogP contribution in [-0.4, -0.2) is 37.0 Å². The highest BCUT2D eigenvalue weighted by atomic mass is 19.1. The van der Waals surface area contributed by atoms with E-state index < -0.39 is 0 Å². The van der Waals surface area contributed by atoms with Crippen molar-refractivity contribution in [2.45, 2.75) is 19.5 Å². The van der Waals surface area contributed by atoms with Gasteiger partial charge in [-0.25, -0.2) is 9.18 Å². The molecule has 7 heteroatoms. The van der Waals surface area contributed by atoms with Crippen LogP contribution in [0.2, 0.25) is 0 Å². The van der Waals surface area contributed by atoms with Gasteiger partial charge in [-0.2, -0.15) is 0 Å². The Morgan fingerprint density at radius 1 is 1.11 bits per heavy atom. The van der Waals surface area contributed by atoms with Gasteiger partial charge < -0.3 is 20.3 Å². The number of nitrogens with zero attached hydrogens (tertiary/aromatic N) is 1. The second-order valence-electron chi connectivity index (χ2n) is 6.88. The first-order valence-corrected chi connectivity index (χ1v) is 9.20. The molecule has 2 N–H and O–H groups in total. The number of rotatable bonds is 7. The van der Waals surface area contributed by atoms with Crippen molar-refractivity contribution in [3.8, 4) is 5.75 Å². The third-order valence-corrected chi connectivity index (χ3v) is 4.74. The van der Waals surface area contributed by atoms with Gasteiger partial charge in [0, 0.05) is 38.5 Å². The summed E-state index contributed by atoms with van der Waals surface area (Å²) in [5, 5.41) is 5.63. The number of hydrogen-bond acceptors (Lipinski definition) is 3. The molecule has 0 aromatic heterocycles. The van der Waals surface area contributed by atoms with E-state index >= 15 is 0 Å². The van der Waals surface area contributed by atoms with Gasteiger partial charge in [0.15, 0.2) is 0 Å². The molecule has 1 aliphatic heterocycles. The summed E-state index contributed by atoms with van der Waals surface area (Å²) in [7, 11) is 1.61. The molecule has 1 atom stereocenters. The van der Waals surface area contributed by atoms with E-state index in [1.54, 1.807) is 24.1 Å². The molecule has 148 valence electrons. The number of nitrogens with one attached hydrogen (secondary N) is 2. The maximum atomic E-state index is 13.0. The van der Waals surface area contributed by atoms with Crippen LogP contribution in [0.4, 0.5) is 9.18 Å². The SMILES string of the molecule is COc1ccc(CNC(=O)NC[C@@H]2CC(=O)N(Cc3ccc(F)cc3)C2)cc1. The summed E-state index contributed by atoms with van der Waals surface area (Å²) in [6.45, 7) is 1.88. The molecule has 1 saturated heterocycles. The highest BCUT2D eigenvalue weighted by molar-refractivity contribution is 5.79. The number of halogens is 1. The van der Waals surface area contributed by atoms with Gasteiger partial charge in [-0.1, -0.05) is 24.3 Å². The molecular formula is C21H24FN3O3. The summed E-state index contributed by atoms with van der Waals surface area (Å²) in [6, 6.07) is 13.3. The molecule has 3 rings (SSSR count). The third-order valence-electron chi connectivity index (χ3n) is 4.74. The average molecular weight is 385 g/mol. The van der Waals surface area contributed by atoms with Crippen LogP contribution in [0.15, 0.2) is 48.5 Å². The number of ether oxygens (including phenoxy) is 1. The molecule has 2 aromatic rings. The van der Waals surface area contributed by atoms with Gasteiger partial charge in [0.25, 0.3) is 0 Å². The number of carbonyl (C=O) groups excluding carboxylic acids is 2. The fourth-order valence-corrected chi connectivity index (χ4v) is 3.18. The number of hydrogen-bond donors (Lipinski definition) is 2. The molecule has 6 nitrogen and oxygen atoms in total. The van der Waals surface area contributed by atoms with Gasteiger partial charge in [0.1, 0.15) is 11.6 Å². The molecule has 0 unspecified atom stereocenters. The van der Waals surface area contributed by atoms with Gasteiger partial charge in [-0.15, -0.1) is 0 Å². The molecule has 0 radical (unpaired) electrons. The van der Waals surface area contributed by atoms with E-state index in [0.717, 1.165) is 16.9 Å². The van der Waals surface area contributed by atoms with Crippen molar-refractivity contribution in [1.82, 2.24) is 15.5 Å². The van der Waals surface area contributed by atoms with E-state index in [2.05, 4.69) is 10.6 Å². The highest BCUT2D eigenvalue weighted by Crippen LogP contribution is 2.20. The number of urea groups is 1. The van der Waals surface area contributed by atoms with E-state index in [1.165, 1.54) is 12.1 Å². The van der Waals surface area contributed by atoms with Crippen molar-refractivity contribution in [3.63, 3.8) is 0 Å². The minimum Gasteiger partial charge on any atom is -0.497 e. The van der Waals surface area contributed by atoms with Crippen molar-refractivity contribution in [3.05, 3.63) is 65.5 Å². The predicted molar refractivity (Wildman–Crippen MR) is 103 cm³/mol. The van der Waals surface area contributed by atoms with Crippen LogP contribution in [-0.2, 0) is 17.9 Å². The molecule has 1 heterocycles. The van der Waals surface area contributed by atoms with Crippen molar-refractivity contribution in [2.24, 2.45) is 5.92 Å². The lowest BCUT2D eigenvalue weighted by Gasteiger charge is -2.17. The summed E-state index contributed by atoms with van der Waals surface area (Å²) in [5.41, 5.74) is 1.86. The normalized spacial score (nSPS) is 16.1. The van der Waals surface area contributed by atoms with Gasteiger partial charge in [-0.05, 0) is 35.4 Å². The van der Waals surface area contributed by atoms with E-state index in [4.69, 9.17) is 4.74 Å². The number of amides is 3. The summed E-state index contributed by atoms with van der Waals surface area (Å²) in [6.07, 6.45) is 0.403. The van der Waals surface area contributed by atoms with Crippen LogP contribution in [0.1, 0.15) is 17.5 Å². The van der Waals surface area contributed by atoms with Crippen LogP contribution >= 0.6 is 0 Å². The van der Waals surface area contributed by atoms with Crippen molar-refractivity contribution >= 4 is 11.9 Å². The van der Waals surface area contributed by atoms with Gasteiger partial charge in [0.2, 0.25) is 5.91 Å². The zero-order valence-electron chi connectivity index (χ0n) is 15.8. The zero-order valence-corrected chi connectivity index (χ0v) is 15.8. The first-order chi connectivity index (χ1) is 13.5. The van der Waals surface area contributed by atoms with E-state index in [0.29, 0.717) is 32.6 Å². The smallest absolute Gasteiger partial charge is 0.315 e. The highest BCUT2D eigenvalue weighted by Gasteiger charge is 2.29. The maximum absolute atomic E-state index is 13.0. The summed E-state index contributed by atoms with van der Waals surface area (Å²) < 4.78 is 18.1. The molecule has 28 heavy (non-hydrogen) atoms. The quantitative estimate of drug-likeness (QED) is 0.770. The minimum absolute atomic E-state index is 0.0507. The molecular weight excluding hydrogens is 361 g/mol. The Hall–Kier alpha value is -3.09. The molecule has 1 aliphatic rings. The second kappa shape index (κ2) is 9.21. The first kappa shape index (κ1) is 19.7. The van der Waals surface area contributed by atoms with Crippen LogP contribution < -0.4 is 15.4 Å². The Balaban J connectivity index is 1.40. The van der Waals surface area contributed by atoms with E-state index in [1.807, 2.05) is 24.3 Å². The van der Waals surface area contributed by atoms with Crippen LogP contribution in [0.25, 0.3) is 0 Å². The minimum atomic E-state index is -0.292. The Morgan fingerprint density at radius 2 is 1.79 bits per heavy atom. The topological polar surface area (TPSA) is 70.7 Å². The summed E-state index contributed by atoms with van der Waals surface area (Å²) >= 11 is 0. The molecule has 0 spiro atoms. The lowest BCUT2D eigenvalue weighted by atomic mass is 10.1. The monoisotopic (exact) mass is 385 g/mol. The number of methoxy groups -OCH3 is 1. The van der Waals surface area contributed by atoms with Gasteiger partial charge in [0.05, 0.1) is 7.11 Å². The Kier molecular flexibility index (Phi) is 6.47. The maximum Gasteiger partial charge on any atom is 0.315 e. The number of likely N-dealkylation sites (tertiary alicyclic amines) is 1. The third kappa shape index (κ3) is 5.45. The van der Waals surface area contributed by atoms with Gasteiger partial charge >= 0.3 is 6.03 Å². The van der Waals surface area contributed by atoms with Crippen molar-refractivity contribution in [1.29, 1.82) is 0 Å². The average Bonchev–Trinajstić information content (AvgIpc) is 3.06. The Labute approximate surface area is 163 Å². The molecule has 0 saturated carbocycles. The summed E-state index contributed by atoms with van der Waals surface area (Å²) in [4.78, 5) is 25.9. The Morgan fingerprint density at radius 3 is 2.46 bits per heavy atom. The fourth-order valence-electron chi connectivity index (χ4n) is 3.18. The molecule has 2 aromatic carbocycles. The van der Waals surface area contributed by atoms with Crippen LogP contribution in [0, 0.1) is 11.7 Å². The lowest BCUT2D eigenvalue weighted by molar-refractivity contribution is -0.128. The molecule has 0 bridgehead atoms. The first-order valence-electron chi connectivity index (χ1n) is 9.20. The van der Waals surface area contributed by atoms with E-state index in [9.17, 15) is 14.0 Å². The lowest BCUT2D eigenvalue weighted by Crippen LogP contribution is -2.38. The molecule has 0 aliphatic carbocycles. The standard InChI is InChI=1S/C21H24FN3O3/c1-28-19-8-4-15(5-9-19)11-23-21(27)24-12-17-10-20(26)25(14-17)13-16-2-6-18(22)7-3-16/h2-9,17H,10-14H2,1H3,(H2,23,24,27)/t17-/m0/s1. The fraction of sp³-hybridized carbons (Fsp3) is 0.333. The zero-order chi connectivity index (χ0) is 19.9. The number of carbonyl (C=O) groups is 2. The van der Waals surface area contributed by atoms with Crippen LogP contribution in [0.5, 0.6) is 5.75 Å². The number of benzene rings is 2. The van der Waals surface area contributed by atoms with Crippen molar-refractivity contribution < 1.29 is 18.7 Å². The van der Waals surface area contributed by atoms with Crippen LogP contribution in [0.3, 0.4) is 0 Å². The second-order valence-corrected chi connectivity index (χ2v) is 6.88. The van der Waals surface area contributed by atoms with Crippen molar-refractivity contribution in [2.75, 3.05) is 20.2 Å². The molecule has 3 amide bonds. The van der Waals surface area contributed by atoms with Gasteiger partial charge in [-0.3, -0.25) is 4.79 Å². The predicted octanol–water partition coefficient (Wildman–Crippen LogP) is 2.68. The molecule has 1 fully saturated rings. The summed E-state index contributed by atoms with van der Waals surface area (Å²) in [5.74, 6) is 0.595. The largest absolute Gasteiger partial charge is 0.497 e. The van der Waals surface area contributed by atoms with E-state index in [-0.39, 0.29) is 23.7 Å².